The number of hydrogen-bond donors (Lipinski definition) is 1. The lowest BCUT2D eigenvalue weighted by Gasteiger charge is -2.20. The maximum atomic E-state index is 14.8. The molecule has 2 aromatic carbocycles. The second kappa shape index (κ2) is 6.26. The van der Waals surface area contributed by atoms with Crippen LogP contribution in [0, 0.1) is 11.6 Å². The van der Waals surface area contributed by atoms with Crippen molar-refractivity contribution in [1.82, 2.24) is 4.98 Å². The molecule has 10 heteroatoms. The Morgan fingerprint density at radius 2 is 0.903 bits per heavy atom. The van der Waals surface area contributed by atoms with Crippen LogP contribution in [0.15, 0.2) is 48.5 Å². The van der Waals surface area contributed by atoms with Gasteiger partial charge >= 0.3 is 0 Å². The van der Waals surface area contributed by atoms with E-state index in [2.05, 4.69) is 4.98 Å². The fraction of sp³-hybridized carbons (Fsp3) is 0. The van der Waals surface area contributed by atoms with Crippen LogP contribution in [0.5, 0.6) is 0 Å². The highest BCUT2D eigenvalue weighted by Crippen LogP contribution is 2.37. The van der Waals surface area contributed by atoms with Gasteiger partial charge in [-0.2, -0.15) is 0 Å². The van der Waals surface area contributed by atoms with Crippen LogP contribution in [0.4, 0.5) is 26.1 Å². The lowest BCUT2D eigenvalue weighted by molar-refractivity contribution is 0.0911. The summed E-state index contributed by atoms with van der Waals surface area (Å²) in [5, 5.41) is 0. The standard InChI is InChI=1S/C21H10F2N4O4/c22-13-15(24)14(23)17(27-20(30)11-7-3-4-8-12(11)21(27)31)25-16(13)26-18(28)9-5-1-2-6-10(9)19(26)29/h1-8H,(H2,24,25). The molecule has 0 bridgehead atoms. The highest BCUT2D eigenvalue weighted by molar-refractivity contribution is 6.35. The molecule has 152 valence electrons. The van der Waals surface area contributed by atoms with E-state index in [0.717, 1.165) is 0 Å². The van der Waals surface area contributed by atoms with E-state index in [-0.39, 0.29) is 22.3 Å². The van der Waals surface area contributed by atoms with Crippen molar-refractivity contribution in [2.24, 2.45) is 0 Å². The van der Waals surface area contributed by atoms with Gasteiger partial charge in [-0.15, -0.1) is 0 Å². The molecule has 5 rings (SSSR count). The third-order valence-corrected chi connectivity index (χ3v) is 5.09. The minimum Gasteiger partial charge on any atom is -0.394 e. The molecule has 0 unspecified atom stereocenters. The smallest absolute Gasteiger partial charge is 0.267 e. The Morgan fingerprint density at radius 1 is 0.613 bits per heavy atom. The summed E-state index contributed by atoms with van der Waals surface area (Å²) in [4.78, 5) is 55.4. The van der Waals surface area contributed by atoms with Crippen molar-refractivity contribution in [3.63, 3.8) is 0 Å². The summed E-state index contributed by atoms with van der Waals surface area (Å²) in [6.07, 6.45) is 0. The number of pyridine rings is 1. The van der Waals surface area contributed by atoms with Crippen molar-refractivity contribution in [1.29, 1.82) is 0 Å². The normalized spacial score (nSPS) is 15.0. The number of nitrogens with two attached hydrogens (primary N) is 1. The molecule has 3 heterocycles. The van der Waals surface area contributed by atoms with Crippen molar-refractivity contribution < 1.29 is 28.0 Å². The van der Waals surface area contributed by atoms with E-state index in [4.69, 9.17) is 5.73 Å². The molecule has 0 radical (unpaired) electrons. The largest absolute Gasteiger partial charge is 0.394 e. The van der Waals surface area contributed by atoms with Gasteiger partial charge in [0.15, 0.2) is 23.3 Å². The molecule has 0 spiro atoms. The first-order valence-corrected chi connectivity index (χ1v) is 8.93. The highest BCUT2D eigenvalue weighted by atomic mass is 19.1. The van der Waals surface area contributed by atoms with Crippen molar-refractivity contribution in [2.75, 3.05) is 15.5 Å². The summed E-state index contributed by atoms with van der Waals surface area (Å²) < 4.78 is 29.7. The molecule has 0 saturated carbocycles. The molecule has 31 heavy (non-hydrogen) atoms. The van der Waals surface area contributed by atoms with Crippen LogP contribution in [0.2, 0.25) is 0 Å². The number of rotatable bonds is 2. The summed E-state index contributed by atoms with van der Waals surface area (Å²) in [7, 11) is 0. The second-order valence-electron chi connectivity index (χ2n) is 6.78. The van der Waals surface area contributed by atoms with Gasteiger partial charge in [0, 0.05) is 0 Å². The molecule has 8 nitrogen and oxygen atoms in total. The maximum absolute atomic E-state index is 14.8. The summed E-state index contributed by atoms with van der Waals surface area (Å²) >= 11 is 0. The van der Waals surface area contributed by atoms with E-state index in [1.807, 2.05) is 0 Å². The minimum absolute atomic E-state index is 0.00104. The average Bonchev–Trinajstić information content (AvgIpc) is 3.18. The van der Waals surface area contributed by atoms with E-state index in [1.54, 1.807) is 0 Å². The summed E-state index contributed by atoms with van der Waals surface area (Å²) in [6.45, 7) is 0. The van der Waals surface area contributed by atoms with Gasteiger partial charge in [0.05, 0.1) is 22.3 Å². The van der Waals surface area contributed by atoms with Crippen molar-refractivity contribution in [3.8, 4) is 0 Å². The fourth-order valence-electron chi connectivity index (χ4n) is 3.60. The summed E-state index contributed by atoms with van der Waals surface area (Å²) in [5.41, 5.74) is 4.43. The average molecular weight is 420 g/mol. The molecule has 3 aromatic rings. The Labute approximate surface area is 172 Å². The van der Waals surface area contributed by atoms with Gasteiger partial charge < -0.3 is 5.73 Å². The van der Waals surface area contributed by atoms with E-state index >= 15 is 0 Å². The topological polar surface area (TPSA) is 114 Å². The van der Waals surface area contributed by atoms with Gasteiger partial charge in [-0.25, -0.2) is 23.6 Å². The number of hydrogen-bond acceptors (Lipinski definition) is 6. The Morgan fingerprint density at radius 3 is 1.19 bits per heavy atom. The second-order valence-corrected chi connectivity index (χ2v) is 6.78. The zero-order valence-electron chi connectivity index (χ0n) is 15.4. The number of benzene rings is 2. The molecule has 4 amide bonds. The quantitative estimate of drug-likeness (QED) is 0.638. The number of amides is 4. The monoisotopic (exact) mass is 420 g/mol. The first-order valence-electron chi connectivity index (χ1n) is 8.93. The lowest BCUT2D eigenvalue weighted by Crippen LogP contribution is -2.35. The van der Waals surface area contributed by atoms with Crippen LogP contribution >= 0.6 is 0 Å². The highest BCUT2D eigenvalue weighted by Gasteiger charge is 2.43. The molecule has 0 atom stereocenters. The first kappa shape index (κ1) is 18.6. The molecule has 0 saturated heterocycles. The van der Waals surface area contributed by atoms with Gasteiger partial charge in [-0.1, -0.05) is 24.3 Å². The van der Waals surface area contributed by atoms with Gasteiger partial charge in [0.1, 0.15) is 5.69 Å². The molecule has 2 aliphatic heterocycles. The van der Waals surface area contributed by atoms with Gasteiger partial charge in [-0.3, -0.25) is 19.2 Å². The van der Waals surface area contributed by atoms with Crippen LogP contribution in [-0.2, 0) is 0 Å². The zero-order valence-corrected chi connectivity index (χ0v) is 15.4. The van der Waals surface area contributed by atoms with Crippen LogP contribution < -0.4 is 15.5 Å². The summed E-state index contributed by atoms with van der Waals surface area (Å²) in [5.74, 6) is -8.33. The van der Waals surface area contributed by atoms with Crippen LogP contribution in [0.3, 0.4) is 0 Å². The number of aromatic nitrogens is 1. The minimum atomic E-state index is -1.47. The van der Waals surface area contributed by atoms with E-state index in [1.165, 1.54) is 48.5 Å². The maximum Gasteiger partial charge on any atom is 0.267 e. The van der Waals surface area contributed by atoms with Gasteiger partial charge in [0.2, 0.25) is 0 Å². The Bertz CT molecular complexity index is 1200. The number of halogens is 2. The number of carbonyl (C=O) groups is 4. The molecule has 1 aromatic heterocycles. The van der Waals surface area contributed by atoms with Crippen LogP contribution in [-0.4, -0.2) is 28.6 Å². The first-order chi connectivity index (χ1) is 14.8. The zero-order chi connectivity index (χ0) is 22.0. The Balaban J connectivity index is 1.68. The van der Waals surface area contributed by atoms with E-state index < -0.39 is 52.6 Å². The molecule has 2 aliphatic rings. The van der Waals surface area contributed by atoms with Crippen molar-refractivity contribution in [2.45, 2.75) is 0 Å². The predicted octanol–water partition coefficient (Wildman–Crippen LogP) is 2.54. The predicted molar refractivity (Wildman–Crippen MR) is 104 cm³/mol. The fourth-order valence-corrected chi connectivity index (χ4v) is 3.60. The molecular formula is C21H10F2N4O4. The summed E-state index contributed by atoms with van der Waals surface area (Å²) in [6, 6.07) is 11.5. The third kappa shape index (κ3) is 2.35. The number of imide groups is 2. The molecule has 2 N–H and O–H groups in total. The van der Waals surface area contributed by atoms with Crippen molar-refractivity contribution >= 4 is 41.0 Å². The molecule has 0 fully saturated rings. The number of fused-ring (bicyclic) bond motifs is 2. The van der Waals surface area contributed by atoms with Crippen molar-refractivity contribution in [3.05, 3.63) is 82.4 Å². The third-order valence-electron chi connectivity index (χ3n) is 5.09. The van der Waals surface area contributed by atoms with Crippen LogP contribution in [0.1, 0.15) is 41.4 Å². The van der Waals surface area contributed by atoms with Gasteiger partial charge in [0.25, 0.3) is 23.6 Å². The molecular weight excluding hydrogens is 410 g/mol. The Hall–Kier alpha value is -4.47. The van der Waals surface area contributed by atoms with E-state index in [0.29, 0.717) is 9.80 Å². The number of nitrogen functional groups attached to an aromatic ring is 1. The SMILES string of the molecule is Nc1c(F)c(N2C(=O)c3ccccc3C2=O)nc(N2C(=O)c3ccccc3C2=O)c1F. The number of carbonyl (C=O) groups excluding carboxylic acids is 4. The number of nitrogens with zero attached hydrogens (tertiary/aromatic N) is 3. The number of anilines is 3. The Kier molecular flexibility index (Phi) is 3.75. The van der Waals surface area contributed by atoms with E-state index in [9.17, 15) is 28.0 Å². The van der Waals surface area contributed by atoms with Crippen LogP contribution in [0.25, 0.3) is 0 Å². The van der Waals surface area contributed by atoms with Gasteiger partial charge in [-0.05, 0) is 24.3 Å². The lowest BCUT2D eigenvalue weighted by atomic mass is 10.1. The molecule has 0 aliphatic carbocycles.